The Morgan fingerprint density at radius 3 is 2.62 bits per heavy atom. The lowest BCUT2D eigenvalue weighted by Crippen LogP contribution is -2.49. The lowest BCUT2D eigenvalue weighted by molar-refractivity contribution is 0.133. The van der Waals surface area contributed by atoms with Crippen molar-refractivity contribution in [3.05, 3.63) is 35.2 Å². The minimum absolute atomic E-state index is 0.120. The van der Waals surface area contributed by atoms with Crippen LogP contribution in [0.1, 0.15) is 48.9 Å². The first-order valence-electron chi connectivity index (χ1n) is 11.8. The maximum atomic E-state index is 12.7. The molecule has 0 unspecified atom stereocenters. The number of urea groups is 1. The fraction of sp³-hybridized carbons (Fsp3) is 0.522. The smallest absolute Gasteiger partial charge is 0.323 e. The number of piperazine rings is 1. The number of hydrogen-bond acceptors (Lipinski definition) is 9. The fourth-order valence-corrected chi connectivity index (χ4v) is 5.35. The van der Waals surface area contributed by atoms with Gasteiger partial charge in [-0.05, 0) is 37.1 Å². The molecule has 11 heteroatoms. The Labute approximate surface area is 202 Å². The second kappa shape index (κ2) is 10.5. The number of amides is 2. The molecule has 2 amide bonds. The quantitative estimate of drug-likeness (QED) is 0.560. The highest BCUT2D eigenvalue weighted by atomic mass is 32.1. The molecule has 10 nitrogen and oxygen atoms in total. The molecule has 5 rings (SSSR count). The lowest BCUT2D eigenvalue weighted by Gasteiger charge is -2.33. The standard InChI is InChI=1S/C23H29N7O3S/c1-32-18-9-7-16(8-10-18)20-24-19(33-28-20)15-29-11-13-30(14-12-29)23(31)25-22-27-26-21(34-22)17-5-3-2-4-6-17/h7-10,17H,2-6,11-15H2,1H3,(H,25,27,31). The van der Waals surface area contributed by atoms with Gasteiger partial charge in [0, 0.05) is 37.7 Å². The third-order valence-corrected chi connectivity index (χ3v) is 7.44. The Hall–Kier alpha value is -3.05. The van der Waals surface area contributed by atoms with Gasteiger partial charge in [0.15, 0.2) is 0 Å². The monoisotopic (exact) mass is 483 g/mol. The molecule has 0 atom stereocenters. The second-order valence-corrected chi connectivity index (χ2v) is 9.72. The van der Waals surface area contributed by atoms with Crippen LogP contribution in [-0.4, -0.2) is 69.5 Å². The summed E-state index contributed by atoms with van der Waals surface area (Å²) in [4.78, 5) is 21.2. The summed E-state index contributed by atoms with van der Waals surface area (Å²) in [5.74, 6) is 2.40. The van der Waals surface area contributed by atoms with Crippen LogP contribution in [0.25, 0.3) is 11.4 Å². The summed E-state index contributed by atoms with van der Waals surface area (Å²) in [6.45, 7) is 3.27. The van der Waals surface area contributed by atoms with Crippen LogP contribution < -0.4 is 10.1 Å². The van der Waals surface area contributed by atoms with Crippen LogP contribution in [0.15, 0.2) is 28.8 Å². The summed E-state index contributed by atoms with van der Waals surface area (Å²) >= 11 is 1.51. The maximum absolute atomic E-state index is 12.7. The molecular weight excluding hydrogens is 454 g/mol. The van der Waals surface area contributed by atoms with Crippen molar-refractivity contribution in [2.45, 2.75) is 44.6 Å². The molecule has 1 N–H and O–H groups in total. The normalized spacial score (nSPS) is 17.6. The highest BCUT2D eigenvalue weighted by Gasteiger charge is 2.25. The number of rotatable bonds is 6. The molecule has 3 aromatic rings. The molecule has 3 heterocycles. The summed E-state index contributed by atoms with van der Waals surface area (Å²) < 4.78 is 10.6. The van der Waals surface area contributed by atoms with Gasteiger partial charge in [-0.2, -0.15) is 4.98 Å². The summed E-state index contributed by atoms with van der Waals surface area (Å²) in [6, 6.07) is 7.43. The van der Waals surface area contributed by atoms with Crippen molar-refractivity contribution >= 4 is 22.5 Å². The summed E-state index contributed by atoms with van der Waals surface area (Å²) in [5.41, 5.74) is 0.876. The van der Waals surface area contributed by atoms with E-state index in [9.17, 15) is 4.79 Å². The number of carbonyl (C=O) groups excluding carboxylic acids is 1. The van der Waals surface area contributed by atoms with Crippen LogP contribution in [0.4, 0.5) is 9.93 Å². The highest BCUT2D eigenvalue weighted by molar-refractivity contribution is 7.15. The summed E-state index contributed by atoms with van der Waals surface area (Å²) in [6.07, 6.45) is 6.16. The van der Waals surface area contributed by atoms with E-state index in [4.69, 9.17) is 9.26 Å². The van der Waals surface area contributed by atoms with Gasteiger partial charge in [0.25, 0.3) is 0 Å². The van der Waals surface area contributed by atoms with Crippen molar-refractivity contribution in [3.63, 3.8) is 0 Å². The number of hydrogen-bond donors (Lipinski definition) is 1. The van der Waals surface area contributed by atoms with E-state index in [0.717, 1.165) is 29.4 Å². The minimum Gasteiger partial charge on any atom is -0.497 e. The number of carbonyl (C=O) groups is 1. The van der Waals surface area contributed by atoms with E-state index in [2.05, 4.69) is 30.6 Å². The van der Waals surface area contributed by atoms with Crippen molar-refractivity contribution in [1.82, 2.24) is 30.1 Å². The summed E-state index contributed by atoms with van der Waals surface area (Å²) in [7, 11) is 1.63. The molecule has 1 aliphatic carbocycles. The molecule has 1 aromatic carbocycles. The van der Waals surface area contributed by atoms with Gasteiger partial charge in [-0.1, -0.05) is 35.8 Å². The van der Waals surface area contributed by atoms with Crippen LogP contribution in [0, 0.1) is 0 Å². The number of ether oxygens (including phenoxy) is 1. The predicted molar refractivity (Wildman–Crippen MR) is 128 cm³/mol. The van der Waals surface area contributed by atoms with Gasteiger partial charge in [0.2, 0.25) is 16.8 Å². The molecule has 2 aliphatic rings. The third kappa shape index (κ3) is 5.36. The van der Waals surface area contributed by atoms with Crippen molar-refractivity contribution in [2.24, 2.45) is 0 Å². The highest BCUT2D eigenvalue weighted by Crippen LogP contribution is 2.35. The average molecular weight is 484 g/mol. The molecule has 0 radical (unpaired) electrons. The fourth-order valence-electron chi connectivity index (χ4n) is 4.45. The molecule has 1 saturated heterocycles. The van der Waals surface area contributed by atoms with Crippen LogP contribution >= 0.6 is 11.3 Å². The first-order valence-corrected chi connectivity index (χ1v) is 12.6. The molecule has 0 bridgehead atoms. The number of benzene rings is 1. The molecule has 180 valence electrons. The molecule has 2 fully saturated rings. The average Bonchev–Trinajstić information content (AvgIpc) is 3.55. The topological polar surface area (TPSA) is 110 Å². The van der Waals surface area contributed by atoms with E-state index in [-0.39, 0.29) is 6.03 Å². The zero-order valence-electron chi connectivity index (χ0n) is 19.3. The van der Waals surface area contributed by atoms with E-state index in [1.807, 2.05) is 29.2 Å². The van der Waals surface area contributed by atoms with E-state index < -0.39 is 0 Å². The van der Waals surface area contributed by atoms with Gasteiger partial charge in [0.05, 0.1) is 13.7 Å². The number of methoxy groups -OCH3 is 1. The molecule has 2 aromatic heterocycles. The Kier molecular flexibility index (Phi) is 7.00. The second-order valence-electron chi connectivity index (χ2n) is 8.71. The minimum atomic E-state index is -0.120. The number of nitrogens with zero attached hydrogens (tertiary/aromatic N) is 6. The zero-order valence-corrected chi connectivity index (χ0v) is 20.1. The Morgan fingerprint density at radius 2 is 1.88 bits per heavy atom. The molecule has 1 aliphatic heterocycles. The Balaban J connectivity index is 1.09. The van der Waals surface area contributed by atoms with Gasteiger partial charge in [0.1, 0.15) is 10.8 Å². The number of anilines is 1. The van der Waals surface area contributed by atoms with Crippen molar-refractivity contribution in [3.8, 4) is 17.1 Å². The van der Waals surface area contributed by atoms with Gasteiger partial charge in [-0.3, -0.25) is 10.2 Å². The van der Waals surface area contributed by atoms with E-state index in [1.165, 1.54) is 43.4 Å². The van der Waals surface area contributed by atoms with Gasteiger partial charge >= 0.3 is 6.03 Å². The van der Waals surface area contributed by atoms with Crippen LogP contribution in [0.5, 0.6) is 5.75 Å². The van der Waals surface area contributed by atoms with Crippen LogP contribution in [-0.2, 0) is 6.54 Å². The van der Waals surface area contributed by atoms with Crippen molar-refractivity contribution < 1.29 is 14.1 Å². The summed E-state index contributed by atoms with van der Waals surface area (Å²) in [5, 5.41) is 17.2. The predicted octanol–water partition coefficient (Wildman–Crippen LogP) is 3.99. The van der Waals surface area contributed by atoms with Gasteiger partial charge < -0.3 is 14.2 Å². The van der Waals surface area contributed by atoms with E-state index in [0.29, 0.717) is 42.4 Å². The van der Waals surface area contributed by atoms with Crippen LogP contribution in [0.2, 0.25) is 0 Å². The van der Waals surface area contributed by atoms with Gasteiger partial charge in [-0.25, -0.2) is 4.79 Å². The molecular formula is C23H29N7O3S. The molecule has 1 saturated carbocycles. The first kappa shape index (κ1) is 22.7. The molecule has 34 heavy (non-hydrogen) atoms. The van der Waals surface area contributed by atoms with E-state index in [1.54, 1.807) is 7.11 Å². The number of nitrogens with one attached hydrogen (secondary N) is 1. The van der Waals surface area contributed by atoms with Crippen molar-refractivity contribution in [2.75, 3.05) is 38.6 Å². The van der Waals surface area contributed by atoms with E-state index >= 15 is 0 Å². The number of aromatic nitrogens is 4. The Bertz CT molecular complexity index is 1090. The molecule has 0 spiro atoms. The van der Waals surface area contributed by atoms with Crippen molar-refractivity contribution in [1.29, 1.82) is 0 Å². The maximum Gasteiger partial charge on any atom is 0.323 e. The third-order valence-electron chi connectivity index (χ3n) is 6.44. The first-order chi connectivity index (χ1) is 16.7. The SMILES string of the molecule is COc1ccc(-c2noc(CN3CCN(C(=O)Nc4nnc(C5CCCCC5)s4)CC3)n2)cc1. The largest absolute Gasteiger partial charge is 0.497 e. The zero-order chi connectivity index (χ0) is 23.3. The lowest BCUT2D eigenvalue weighted by atomic mass is 9.90. The Morgan fingerprint density at radius 1 is 1.12 bits per heavy atom. The van der Waals surface area contributed by atoms with Gasteiger partial charge in [-0.15, -0.1) is 10.2 Å². The van der Waals surface area contributed by atoms with Crippen LogP contribution in [0.3, 0.4) is 0 Å².